The molecule has 0 aliphatic rings. The Bertz CT molecular complexity index is 855. The second-order valence-corrected chi connectivity index (χ2v) is 5.25. The molecule has 0 radical (unpaired) electrons. The fourth-order valence-corrected chi connectivity index (χ4v) is 2.73. The van der Waals surface area contributed by atoms with E-state index in [9.17, 15) is 4.79 Å². The summed E-state index contributed by atoms with van der Waals surface area (Å²) in [5.41, 5.74) is 3.03. The lowest BCUT2D eigenvalue weighted by molar-refractivity contribution is 0.0601. The Labute approximate surface area is 137 Å². The summed E-state index contributed by atoms with van der Waals surface area (Å²) in [7, 11) is 1.36. The maximum absolute atomic E-state index is 11.8. The molecule has 3 aromatic rings. The van der Waals surface area contributed by atoms with Gasteiger partial charge >= 0.3 is 5.97 Å². The largest absolute Gasteiger partial charge is 0.465 e. The zero-order valence-corrected chi connectivity index (χ0v) is 13.6. The van der Waals surface area contributed by atoms with Crippen LogP contribution in [0, 0.1) is 0 Å². The van der Waals surface area contributed by atoms with Crippen LogP contribution in [0.3, 0.4) is 0 Å². The van der Waals surface area contributed by atoms with Gasteiger partial charge in [-0.3, -0.25) is 0 Å². The van der Waals surface area contributed by atoms with E-state index in [-0.39, 0.29) is 11.8 Å². The Morgan fingerprint density at radius 2 is 2.22 bits per heavy atom. The van der Waals surface area contributed by atoms with E-state index >= 15 is 0 Å². The number of nitrogens with zero attached hydrogens (tertiary/aromatic N) is 5. The van der Waals surface area contributed by atoms with Gasteiger partial charge < -0.3 is 9.30 Å². The van der Waals surface area contributed by atoms with Crippen LogP contribution in [-0.2, 0) is 23.7 Å². The number of carbonyl (C=O) groups excluding carboxylic acids is 1. The van der Waals surface area contributed by atoms with E-state index in [1.54, 1.807) is 24.4 Å². The number of imidazole rings is 1. The highest BCUT2D eigenvalue weighted by atomic mass is 35.5. The molecular formula is C15H16ClN5O2. The van der Waals surface area contributed by atoms with E-state index < -0.39 is 0 Å². The van der Waals surface area contributed by atoms with Crippen molar-refractivity contribution in [1.29, 1.82) is 0 Å². The summed E-state index contributed by atoms with van der Waals surface area (Å²) in [6, 6.07) is 5.26. The number of esters is 1. The normalized spacial score (nSPS) is 11.1. The van der Waals surface area contributed by atoms with E-state index in [1.165, 1.54) is 7.11 Å². The first kappa shape index (κ1) is 15.5. The number of rotatable bonds is 5. The number of halogens is 1. The van der Waals surface area contributed by atoms with Crippen molar-refractivity contribution in [2.24, 2.45) is 0 Å². The molecule has 0 spiro atoms. The van der Waals surface area contributed by atoms with Gasteiger partial charge in [-0.2, -0.15) is 0 Å². The van der Waals surface area contributed by atoms with E-state index in [4.69, 9.17) is 16.3 Å². The molecule has 23 heavy (non-hydrogen) atoms. The lowest BCUT2D eigenvalue weighted by Gasteiger charge is -2.09. The third-order valence-electron chi connectivity index (χ3n) is 3.69. The Balaban J connectivity index is 2.11. The van der Waals surface area contributed by atoms with Crippen LogP contribution in [0.4, 0.5) is 0 Å². The van der Waals surface area contributed by atoms with E-state index in [2.05, 4.69) is 15.3 Å². The van der Waals surface area contributed by atoms with Crippen molar-refractivity contribution in [1.82, 2.24) is 24.5 Å². The molecule has 0 aliphatic heterocycles. The van der Waals surface area contributed by atoms with Crippen LogP contribution >= 0.6 is 11.6 Å². The van der Waals surface area contributed by atoms with Crippen LogP contribution in [0.25, 0.3) is 11.0 Å². The van der Waals surface area contributed by atoms with Crippen LogP contribution in [-0.4, -0.2) is 37.6 Å². The Hall–Kier alpha value is -2.41. The molecule has 0 bridgehead atoms. The van der Waals surface area contributed by atoms with Gasteiger partial charge in [-0.1, -0.05) is 5.21 Å². The molecule has 0 fully saturated rings. The molecule has 120 valence electrons. The highest BCUT2D eigenvalue weighted by Crippen LogP contribution is 2.21. The Morgan fingerprint density at radius 3 is 2.91 bits per heavy atom. The molecule has 3 rings (SSSR count). The standard InChI is InChI=1S/C15H16ClN5O2/c1-3-21-11(8-17-19-21)9-20-13-6-10(15(22)23-2)4-5-12(13)18-14(20)7-16/h4-6,8H,3,7,9H2,1-2H3. The minimum Gasteiger partial charge on any atom is -0.465 e. The summed E-state index contributed by atoms with van der Waals surface area (Å²) in [5.74, 6) is 0.621. The van der Waals surface area contributed by atoms with Crippen molar-refractivity contribution < 1.29 is 9.53 Å². The van der Waals surface area contributed by atoms with Crippen LogP contribution in [0.5, 0.6) is 0 Å². The van der Waals surface area contributed by atoms with E-state index in [1.807, 2.05) is 16.2 Å². The van der Waals surface area contributed by atoms with E-state index in [0.29, 0.717) is 12.1 Å². The highest BCUT2D eigenvalue weighted by molar-refractivity contribution is 6.16. The van der Waals surface area contributed by atoms with Crippen molar-refractivity contribution in [3.05, 3.63) is 41.5 Å². The number of alkyl halides is 1. The van der Waals surface area contributed by atoms with Crippen LogP contribution in [0.1, 0.15) is 28.8 Å². The van der Waals surface area contributed by atoms with Crippen molar-refractivity contribution in [2.45, 2.75) is 25.9 Å². The van der Waals surface area contributed by atoms with Gasteiger partial charge in [0.25, 0.3) is 0 Å². The molecule has 2 heterocycles. The smallest absolute Gasteiger partial charge is 0.337 e. The first-order valence-electron chi connectivity index (χ1n) is 7.18. The van der Waals surface area contributed by atoms with Crippen molar-refractivity contribution in [2.75, 3.05) is 7.11 Å². The van der Waals surface area contributed by atoms with Crippen molar-refractivity contribution in [3.8, 4) is 0 Å². The molecule has 0 atom stereocenters. The number of methoxy groups -OCH3 is 1. The lowest BCUT2D eigenvalue weighted by atomic mass is 10.2. The van der Waals surface area contributed by atoms with Gasteiger partial charge in [-0.15, -0.1) is 16.7 Å². The second-order valence-electron chi connectivity index (χ2n) is 4.98. The molecule has 0 N–H and O–H groups in total. The molecule has 0 saturated heterocycles. The lowest BCUT2D eigenvalue weighted by Crippen LogP contribution is -2.10. The SMILES string of the molecule is CCn1nncc1Cn1c(CCl)nc2ccc(C(=O)OC)cc21. The summed E-state index contributed by atoms with van der Waals surface area (Å²) < 4.78 is 8.57. The first-order chi connectivity index (χ1) is 11.2. The fourth-order valence-electron chi connectivity index (χ4n) is 2.53. The Morgan fingerprint density at radius 1 is 1.39 bits per heavy atom. The van der Waals surface area contributed by atoms with Gasteiger partial charge in [0.05, 0.1) is 48.0 Å². The average molecular weight is 334 g/mol. The summed E-state index contributed by atoms with van der Waals surface area (Å²) in [6.07, 6.45) is 1.72. The fraction of sp³-hybridized carbons (Fsp3) is 0.333. The van der Waals surface area contributed by atoms with Gasteiger partial charge in [-0.25, -0.2) is 14.5 Å². The third-order valence-corrected chi connectivity index (χ3v) is 3.92. The van der Waals surface area contributed by atoms with Gasteiger partial charge in [0.15, 0.2) is 0 Å². The minimum absolute atomic E-state index is 0.274. The topological polar surface area (TPSA) is 74.8 Å². The number of hydrogen-bond donors (Lipinski definition) is 0. The van der Waals surface area contributed by atoms with Gasteiger partial charge in [0.2, 0.25) is 0 Å². The molecule has 0 aliphatic carbocycles. The monoisotopic (exact) mass is 333 g/mol. The Kier molecular flexibility index (Phi) is 4.29. The number of ether oxygens (including phenoxy) is 1. The number of aromatic nitrogens is 5. The van der Waals surface area contributed by atoms with Gasteiger partial charge in [0.1, 0.15) is 5.82 Å². The second kappa shape index (κ2) is 6.37. The molecule has 0 amide bonds. The number of carbonyl (C=O) groups is 1. The molecule has 0 unspecified atom stereocenters. The summed E-state index contributed by atoms with van der Waals surface area (Å²) in [6.45, 7) is 3.26. The quantitative estimate of drug-likeness (QED) is 0.528. The van der Waals surface area contributed by atoms with E-state index in [0.717, 1.165) is 29.1 Å². The van der Waals surface area contributed by atoms with Gasteiger partial charge in [-0.05, 0) is 25.1 Å². The van der Waals surface area contributed by atoms with Crippen LogP contribution < -0.4 is 0 Å². The number of fused-ring (bicyclic) bond motifs is 1. The number of benzene rings is 1. The molecule has 2 aromatic heterocycles. The number of hydrogen-bond acceptors (Lipinski definition) is 5. The minimum atomic E-state index is -0.382. The molecular weight excluding hydrogens is 318 g/mol. The van der Waals surface area contributed by atoms with Crippen molar-refractivity contribution >= 4 is 28.6 Å². The maximum Gasteiger partial charge on any atom is 0.337 e. The molecule has 7 nitrogen and oxygen atoms in total. The van der Waals surface area contributed by atoms with Crippen LogP contribution in [0.15, 0.2) is 24.4 Å². The number of aryl methyl sites for hydroxylation is 1. The average Bonchev–Trinajstić information content (AvgIpc) is 3.18. The zero-order chi connectivity index (χ0) is 16.4. The first-order valence-corrected chi connectivity index (χ1v) is 7.72. The molecule has 1 aromatic carbocycles. The zero-order valence-electron chi connectivity index (χ0n) is 12.9. The highest BCUT2D eigenvalue weighted by Gasteiger charge is 2.15. The third kappa shape index (κ3) is 2.79. The molecule has 0 saturated carbocycles. The molecule has 8 heteroatoms. The maximum atomic E-state index is 11.8. The summed E-state index contributed by atoms with van der Waals surface area (Å²) in [5, 5.41) is 7.98. The predicted octanol–water partition coefficient (Wildman–Crippen LogP) is 2.22. The van der Waals surface area contributed by atoms with Gasteiger partial charge in [0, 0.05) is 6.54 Å². The summed E-state index contributed by atoms with van der Waals surface area (Å²) >= 11 is 6.03. The van der Waals surface area contributed by atoms with Crippen molar-refractivity contribution in [3.63, 3.8) is 0 Å². The summed E-state index contributed by atoms with van der Waals surface area (Å²) in [4.78, 5) is 16.3. The predicted molar refractivity (Wildman–Crippen MR) is 85.4 cm³/mol. The van der Waals surface area contributed by atoms with Crippen LogP contribution in [0.2, 0.25) is 0 Å².